The van der Waals surface area contributed by atoms with E-state index in [2.05, 4.69) is 0 Å². The van der Waals surface area contributed by atoms with Gasteiger partial charge in [0.2, 0.25) is 0 Å². The van der Waals surface area contributed by atoms with Gasteiger partial charge < -0.3 is 20.1 Å². The van der Waals surface area contributed by atoms with Gasteiger partial charge in [0.25, 0.3) is 0 Å². The minimum atomic E-state index is -1.64. The number of carboxylic acids is 3. The quantitative estimate of drug-likeness (QED) is 0.375. The van der Waals surface area contributed by atoms with Crippen LogP contribution in [-0.2, 0) is 14.4 Å². The van der Waals surface area contributed by atoms with E-state index < -0.39 is 36.9 Å². The third-order valence-electron chi connectivity index (χ3n) is 1.16. The number of carbonyl (C=O) groups is 3. The topological polar surface area (TPSA) is 127 Å². The Morgan fingerprint density at radius 2 is 1.71 bits per heavy atom. The summed E-state index contributed by atoms with van der Waals surface area (Å²) in [5, 5.41) is 28.6. The summed E-state index contributed by atoms with van der Waals surface area (Å²) in [4.78, 5) is 30.3. The molecule has 0 aromatic rings. The molecule has 0 aromatic heterocycles. The van der Waals surface area contributed by atoms with Crippen molar-refractivity contribution in [3.8, 4) is 0 Å². The fourth-order valence-corrected chi connectivity index (χ4v) is 0.624. The molecule has 0 radical (unpaired) electrons. The predicted molar refractivity (Wildman–Crippen MR) is 36.7 cm³/mol. The van der Waals surface area contributed by atoms with Gasteiger partial charge in [-0.2, -0.15) is 0 Å². The zero-order valence-electron chi connectivity index (χ0n) is 7.52. The van der Waals surface area contributed by atoms with E-state index >= 15 is 0 Å². The monoisotopic (exact) mass is 213 g/mol. The van der Waals surface area contributed by atoms with E-state index in [0.29, 0.717) is 0 Å². The van der Waals surface area contributed by atoms with Crippen molar-refractivity contribution in [3.63, 3.8) is 0 Å². The zero-order valence-corrected chi connectivity index (χ0v) is 9.52. The van der Waals surface area contributed by atoms with Crippen LogP contribution in [0.25, 0.3) is 0 Å². The van der Waals surface area contributed by atoms with E-state index in [4.69, 9.17) is 10.2 Å². The Hall–Kier alpha value is -0.630. The molecule has 0 aliphatic carbocycles. The van der Waals surface area contributed by atoms with Gasteiger partial charge in [-0.3, -0.25) is 14.9 Å². The summed E-state index contributed by atoms with van der Waals surface area (Å²) in [6, 6.07) is -1.48. The predicted octanol–water partition coefficient (Wildman–Crippen LogP) is -5.74. The van der Waals surface area contributed by atoms with Crippen molar-refractivity contribution < 1.29 is 59.3 Å². The molecule has 0 saturated heterocycles. The molecule has 0 rings (SSSR count). The number of carboxylic acid groups (broad SMARTS) is 3. The van der Waals surface area contributed by atoms with Crippen LogP contribution in [0, 0.1) is 0 Å². The molecule has 0 spiro atoms. The molecule has 0 bridgehead atoms. The number of rotatable bonds is 6. The smallest absolute Gasteiger partial charge is 0.548 e. The van der Waals surface area contributed by atoms with Gasteiger partial charge in [-0.1, -0.05) is 0 Å². The van der Waals surface area contributed by atoms with Crippen LogP contribution in [0.5, 0.6) is 0 Å². The minimum Gasteiger partial charge on any atom is -0.548 e. The van der Waals surface area contributed by atoms with Crippen LogP contribution in [0.15, 0.2) is 0 Å². The summed E-state index contributed by atoms with van der Waals surface area (Å²) in [5.74, 6) is -4.24. The van der Waals surface area contributed by atoms with Crippen molar-refractivity contribution >= 4 is 17.9 Å². The van der Waals surface area contributed by atoms with Crippen molar-refractivity contribution in [1.82, 2.24) is 5.32 Å². The van der Waals surface area contributed by atoms with Crippen molar-refractivity contribution in [2.75, 3.05) is 6.54 Å². The molecule has 3 N–H and O–H groups in total. The maximum atomic E-state index is 10.2. The first-order chi connectivity index (χ1) is 5.93. The average Bonchev–Trinajstić information content (AvgIpc) is 1.96. The summed E-state index contributed by atoms with van der Waals surface area (Å²) >= 11 is 0. The molecule has 0 unspecified atom stereocenters. The van der Waals surface area contributed by atoms with Crippen LogP contribution in [-0.4, -0.2) is 40.7 Å². The third-order valence-corrected chi connectivity index (χ3v) is 1.16. The number of hydrogen-bond donors (Lipinski definition) is 3. The summed E-state index contributed by atoms with van der Waals surface area (Å²) in [7, 11) is 0. The largest absolute Gasteiger partial charge is 1.00 e. The Kier molecular flexibility index (Phi) is 8.75. The van der Waals surface area contributed by atoms with Crippen LogP contribution in [0.2, 0.25) is 0 Å². The van der Waals surface area contributed by atoms with Crippen molar-refractivity contribution in [1.29, 1.82) is 0 Å². The van der Waals surface area contributed by atoms with Gasteiger partial charge in [0.05, 0.1) is 25.0 Å². The molecule has 0 heterocycles. The average molecular weight is 213 g/mol. The van der Waals surface area contributed by atoms with E-state index in [0.717, 1.165) is 0 Å². The van der Waals surface area contributed by atoms with Gasteiger partial charge in [-0.15, -0.1) is 0 Å². The van der Waals surface area contributed by atoms with Crippen molar-refractivity contribution in [2.45, 2.75) is 12.5 Å². The fourth-order valence-electron chi connectivity index (χ4n) is 0.624. The molecule has 7 nitrogen and oxygen atoms in total. The minimum absolute atomic E-state index is 0. The Morgan fingerprint density at radius 3 is 2.00 bits per heavy atom. The molecule has 74 valence electrons. The normalized spacial score (nSPS) is 11.1. The first kappa shape index (κ1) is 15.8. The second kappa shape index (κ2) is 7.74. The summed E-state index contributed by atoms with van der Waals surface area (Å²) in [6.45, 7) is -0.619. The Balaban J connectivity index is 0. The molecule has 0 aliphatic heterocycles. The molecule has 14 heavy (non-hydrogen) atoms. The molecular formula is C6H8NNaO6. The van der Waals surface area contributed by atoms with Crippen LogP contribution >= 0.6 is 0 Å². The molecule has 0 aromatic carbocycles. The zero-order chi connectivity index (χ0) is 10.4. The molecule has 8 heteroatoms. The number of hydrogen-bond acceptors (Lipinski definition) is 5. The molecule has 0 aliphatic rings. The van der Waals surface area contributed by atoms with Crippen molar-refractivity contribution in [2.24, 2.45) is 0 Å². The summed E-state index contributed by atoms with van der Waals surface area (Å²) < 4.78 is 0. The Bertz CT molecular complexity index is 230. The number of carbonyl (C=O) groups excluding carboxylic acids is 1. The summed E-state index contributed by atoms with van der Waals surface area (Å²) in [6.07, 6.45) is -0.713. The van der Waals surface area contributed by atoms with Crippen LogP contribution in [0.3, 0.4) is 0 Å². The van der Waals surface area contributed by atoms with Gasteiger partial charge in [-0.05, 0) is 0 Å². The Morgan fingerprint density at radius 1 is 1.21 bits per heavy atom. The molecular weight excluding hydrogens is 205 g/mol. The van der Waals surface area contributed by atoms with Crippen LogP contribution < -0.4 is 40.0 Å². The summed E-state index contributed by atoms with van der Waals surface area (Å²) in [5.41, 5.74) is 0. The fraction of sp³-hybridized carbons (Fsp3) is 0.500. The molecule has 0 fully saturated rings. The first-order valence-electron chi connectivity index (χ1n) is 3.31. The SMILES string of the molecule is O=C(O)CN[C@@H](CC(=O)O)C(=O)[O-].[Na+]. The second-order valence-electron chi connectivity index (χ2n) is 2.24. The van der Waals surface area contributed by atoms with Gasteiger partial charge >= 0.3 is 41.5 Å². The van der Waals surface area contributed by atoms with E-state index in [1.165, 1.54) is 0 Å². The molecule has 0 amide bonds. The molecule has 1 atom stereocenters. The van der Waals surface area contributed by atoms with Gasteiger partial charge in [-0.25, -0.2) is 0 Å². The molecule has 0 saturated carbocycles. The number of aliphatic carboxylic acids is 3. The maximum absolute atomic E-state index is 10.2. The van der Waals surface area contributed by atoms with Crippen LogP contribution in [0.1, 0.15) is 6.42 Å². The van der Waals surface area contributed by atoms with Gasteiger partial charge in [0.15, 0.2) is 0 Å². The second-order valence-corrected chi connectivity index (χ2v) is 2.24. The van der Waals surface area contributed by atoms with E-state index in [1.807, 2.05) is 5.32 Å². The maximum Gasteiger partial charge on any atom is 1.00 e. The Labute approximate surface area is 101 Å². The van der Waals surface area contributed by atoms with Crippen molar-refractivity contribution in [3.05, 3.63) is 0 Å². The third kappa shape index (κ3) is 7.99. The number of nitrogens with one attached hydrogen (secondary N) is 1. The van der Waals surface area contributed by atoms with E-state index in [9.17, 15) is 19.5 Å². The van der Waals surface area contributed by atoms with Gasteiger partial charge in [0.1, 0.15) is 0 Å². The van der Waals surface area contributed by atoms with E-state index in [-0.39, 0.29) is 29.6 Å². The van der Waals surface area contributed by atoms with E-state index in [1.54, 1.807) is 0 Å². The first-order valence-corrected chi connectivity index (χ1v) is 3.31. The van der Waals surface area contributed by atoms with Crippen LogP contribution in [0.4, 0.5) is 0 Å². The van der Waals surface area contributed by atoms with Gasteiger partial charge in [0, 0.05) is 0 Å². The standard InChI is InChI=1S/C6H9NO6.Na/c8-4(9)1-3(6(12)13)7-2-5(10)11;/h3,7H,1-2H2,(H,8,9)(H,10,11)(H,12,13);/q;+1/p-1/t3-;/m0./s1.